The number of amides is 1. The highest BCUT2D eigenvalue weighted by Crippen LogP contribution is 2.27. The first kappa shape index (κ1) is 16.0. The van der Waals surface area contributed by atoms with Gasteiger partial charge in [0.05, 0.1) is 6.61 Å². The Morgan fingerprint density at radius 1 is 1.38 bits per heavy atom. The Labute approximate surface area is 133 Å². The van der Waals surface area contributed by atoms with E-state index in [2.05, 4.69) is 15.9 Å². The van der Waals surface area contributed by atoms with Crippen molar-refractivity contribution in [2.24, 2.45) is 0 Å². The van der Waals surface area contributed by atoms with Crippen LogP contribution in [0.15, 0.2) is 28.7 Å². The van der Waals surface area contributed by atoms with E-state index in [-0.39, 0.29) is 24.5 Å². The van der Waals surface area contributed by atoms with Gasteiger partial charge in [-0.1, -0.05) is 28.1 Å². The minimum atomic E-state index is -0.319. The Morgan fingerprint density at radius 2 is 2.14 bits per heavy atom. The van der Waals surface area contributed by atoms with Gasteiger partial charge in [-0.2, -0.15) is 0 Å². The molecule has 1 aromatic rings. The Bertz CT molecular complexity index is 514. The molecule has 0 bridgehead atoms. The molecule has 1 fully saturated rings. The number of hydrogen-bond acceptors (Lipinski definition) is 3. The van der Waals surface area contributed by atoms with Gasteiger partial charge in [0.25, 0.3) is 0 Å². The molecule has 0 spiro atoms. The molecule has 114 valence electrons. The van der Waals surface area contributed by atoms with E-state index in [1.165, 1.54) is 0 Å². The molecule has 1 aromatic carbocycles. The number of halogens is 1. The van der Waals surface area contributed by atoms with Crippen LogP contribution in [0.1, 0.15) is 31.7 Å². The molecule has 0 radical (unpaired) electrons. The van der Waals surface area contributed by atoms with Gasteiger partial charge in [-0.25, -0.2) is 0 Å². The lowest BCUT2D eigenvalue weighted by Crippen LogP contribution is -2.38. The molecule has 0 atom stereocenters. The molecule has 1 aliphatic rings. The van der Waals surface area contributed by atoms with E-state index in [9.17, 15) is 9.59 Å². The predicted molar refractivity (Wildman–Crippen MR) is 83.8 cm³/mol. The van der Waals surface area contributed by atoms with Crippen molar-refractivity contribution in [3.8, 4) is 0 Å². The minimum Gasteiger partial charge on any atom is -0.465 e. The van der Waals surface area contributed by atoms with Crippen LogP contribution < -0.4 is 0 Å². The van der Waals surface area contributed by atoms with Crippen molar-refractivity contribution in [1.82, 2.24) is 4.90 Å². The van der Waals surface area contributed by atoms with Crippen LogP contribution in [0.5, 0.6) is 0 Å². The number of nitrogens with zero attached hydrogens (tertiary/aromatic N) is 1. The van der Waals surface area contributed by atoms with Gasteiger partial charge in [-0.3, -0.25) is 9.59 Å². The van der Waals surface area contributed by atoms with Crippen molar-refractivity contribution >= 4 is 27.8 Å². The van der Waals surface area contributed by atoms with Gasteiger partial charge in [-0.05, 0) is 43.9 Å². The van der Waals surface area contributed by atoms with E-state index >= 15 is 0 Å². The summed E-state index contributed by atoms with van der Waals surface area (Å²) < 4.78 is 5.95. The lowest BCUT2D eigenvalue weighted by molar-refractivity contribution is -0.149. The highest BCUT2D eigenvalue weighted by Gasteiger charge is 2.33. The summed E-state index contributed by atoms with van der Waals surface area (Å²) in [6.45, 7) is 2.20. The van der Waals surface area contributed by atoms with E-state index < -0.39 is 0 Å². The van der Waals surface area contributed by atoms with Gasteiger partial charge in [0.15, 0.2) is 0 Å². The Balaban J connectivity index is 1.88. The smallest absolute Gasteiger partial charge is 0.325 e. The zero-order chi connectivity index (χ0) is 15.2. The number of hydrogen-bond donors (Lipinski definition) is 0. The standard InChI is InChI=1S/C16H20BrNO3/c1-2-21-16(20)11-18(14-7-8-14)15(19)9-6-12-4-3-5-13(17)10-12/h3-5,10,14H,2,6-9,11H2,1H3. The lowest BCUT2D eigenvalue weighted by Gasteiger charge is -2.21. The summed E-state index contributed by atoms with van der Waals surface area (Å²) in [5, 5.41) is 0. The quantitative estimate of drug-likeness (QED) is 0.708. The predicted octanol–water partition coefficient (Wildman–Crippen LogP) is 2.94. The monoisotopic (exact) mass is 353 g/mol. The molecule has 1 saturated carbocycles. The molecule has 21 heavy (non-hydrogen) atoms. The Kier molecular flexibility index (Phi) is 5.79. The van der Waals surface area contributed by atoms with Crippen LogP contribution in [-0.2, 0) is 20.7 Å². The number of rotatable bonds is 7. The highest BCUT2D eigenvalue weighted by molar-refractivity contribution is 9.10. The molecular weight excluding hydrogens is 334 g/mol. The zero-order valence-electron chi connectivity index (χ0n) is 12.2. The van der Waals surface area contributed by atoms with Crippen LogP contribution in [0.2, 0.25) is 0 Å². The minimum absolute atomic E-state index is 0.0329. The fourth-order valence-corrected chi connectivity index (χ4v) is 2.69. The van der Waals surface area contributed by atoms with Gasteiger partial charge in [0, 0.05) is 16.9 Å². The maximum atomic E-state index is 12.3. The maximum Gasteiger partial charge on any atom is 0.325 e. The van der Waals surface area contributed by atoms with Crippen LogP contribution >= 0.6 is 15.9 Å². The molecule has 0 heterocycles. The second kappa shape index (κ2) is 7.59. The molecule has 1 aliphatic carbocycles. The highest BCUT2D eigenvalue weighted by atomic mass is 79.9. The number of aryl methyl sites for hydroxylation is 1. The van der Waals surface area contributed by atoms with Crippen molar-refractivity contribution in [1.29, 1.82) is 0 Å². The van der Waals surface area contributed by atoms with E-state index in [4.69, 9.17) is 4.74 Å². The Hall–Kier alpha value is -1.36. The van der Waals surface area contributed by atoms with Gasteiger partial charge >= 0.3 is 5.97 Å². The molecule has 0 unspecified atom stereocenters. The van der Waals surface area contributed by atoms with E-state index in [1.807, 2.05) is 24.3 Å². The third-order valence-corrected chi connectivity index (χ3v) is 3.92. The average Bonchev–Trinajstić information content (AvgIpc) is 3.27. The second-order valence-corrected chi connectivity index (χ2v) is 6.10. The molecule has 2 rings (SSSR count). The SMILES string of the molecule is CCOC(=O)CN(C(=O)CCc1cccc(Br)c1)C1CC1. The number of benzene rings is 1. The topological polar surface area (TPSA) is 46.6 Å². The van der Waals surface area contributed by atoms with Crippen LogP contribution in [0.3, 0.4) is 0 Å². The molecule has 0 N–H and O–H groups in total. The van der Waals surface area contributed by atoms with Crippen LogP contribution in [0, 0.1) is 0 Å². The van der Waals surface area contributed by atoms with Gasteiger partial charge < -0.3 is 9.64 Å². The fraction of sp³-hybridized carbons (Fsp3) is 0.500. The van der Waals surface area contributed by atoms with Crippen molar-refractivity contribution in [3.05, 3.63) is 34.3 Å². The zero-order valence-corrected chi connectivity index (χ0v) is 13.8. The summed E-state index contributed by atoms with van der Waals surface area (Å²) >= 11 is 3.42. The fourth-order valence-electron chi connectivity index (χ4n) is 2.24. The first-order valence-corrected chi connectivity index (χ1v) is 8.09. The summed E-state index contributed by atoms with van der Waals surface area (Å²) in [5.74, 6) is -0.286. The van der Waals surface area contributed by atoms with Gasteiger partial charge in [0.2, 0.25) is 5.91 Å². The van der Waals surface area contributed by atoms with Crippen molar-refractivity contribution in [3.63, 3.8) is 0 Å². The average molecular weight is 354 g/mol. The third-order valence-electron chi connectivity index (χ3n) is 3.43. The van der Waals surface area contributed by atoms with Crippen LogP contribution in [0.25, 0.3) is 0 Å². The number of esters is 1. The first-order chi connectivity index (χ1) is 10.1. The summed E-state index contributed by atoms with van der Waals surface area (Å²) in [5.41, 5.74) is 1.12. The molecular formula is C16H20BrNO3. The van der Waals surface area contributed by atoms with Crippen molar-refractivity contribution < 1.29 is 14.3 Å². The third kappa shape index (κ3) is 5.16. The second-order valence-electron chi connectivity index (χ2n) is 5.19. The summed E-state index contributed by atoms with van der Waals surface area (Å²) in [7, 11) is 0. The largest absolute Gasteiger partial charge is 0.465 e. The van der Waals surface area contributed by atoms with Crippen LogP contribution in [0.4, 0.5) is 0 Å². The number of ether oxygens (including phenoxy) is 1. The molecule has 0 aromatic heterocycles. The van der Waals surface area contributed by atoms with Gasteiger partial charge in [0.1, 0.15) is 6.54 Å². The van der Waals surface area contributed by atoms with E-state index in [1.54, 1.807) is 11.8 Å². The molecule has 0 saturated heterocycles. The van der Waals surface area contributed by atoms with Crippen molar-refractivity contribution in [2.75, 3.05) is 13.2 Å². The van der Waals surface area contributed by atoms with Crippen LogP contribution in [-0.4, -0.2) is 36.0 Å². The Morgan fingerprint density at radius 3 is 2.76 bits per heavy atom. The summed E-state index contributed by atoms with van der Waals surface area (Å²) in [6.07, 6.45) is 3.08. The molecule has 0 aliphatic heterocycles. The maximum absolute atomic E-state index is 12.3. The number of carbonyl (C=O) groups is 2. The molecule has 5 heteroatoms. The summed E-state index contributed by atoms with van der Waals surface area (Å²) in [6, 6.07) is 8.17. The van der Waals surface area contributed by atoms with Gasteiger partial charge in [-0.15, -0.1) is 0 Å². The molecule has 4 nitrogen and oxygen atoms in total. The normalized spacial score (nSPS) is 13.8. The summed E-state index contributed by atoms with van der Waals surface area (Å²) in [4.78, 5) is 25.6. The van der Waals surface area contributed by atoms with Crippen molar-refractivity contribution in [2.45, 2.75) is 38.6 Å². The first-order valence-electron chi connectivity index (χ1n) is 7.29. The van der Waals surface area contributed by atoms with E-state index in [0.29, 0.717) is 19.4 Å². The molecule has 1 amide bonds. The lowest BCUT2D eigenvalue weighted by atomic mass is 10.1. The number of carbonyl (C=O) groups excluding carboxylic acids is 2. The van der Waals surface area contributed by atoms with E-state index in [0.717, 1.165) is 22.9 Å².